The maximum absolute atomic E-state index is 11.8. The monoisotopic (exact) mass is 266 g/mol. The van der Waals surface area contributed by atoms with E-state index in [1.54, 1.807) is 0 Å². The third kappa shape index (κ3) is 4.31. The zero-order valence-electron chi connectivity index (χ0n) is 11.4. The number of nitrogens with zero attached hydrogens (tertiary/aromatic N) is 2. The highest BCUT2D eigenvalue weighted by Crippen LogP contribution is 2.18. The molecule has 106 valence electrons. The van der Waals surface area contributed by atoms with Crippen molar-refractivity contribution in [2.75, 3.05) is 26.7 Å². The molecule has 2 aliphatic heterocycles. The highest BCUT2D eigenvalue weighted by molar-refractivity contribution is 6.39. The van der Waals surface area contributed by atoms with Crippen molar-refractivity contribution in [3.05, 3.63) is 0 Å². The molecule has 2 aliphatic rings. The molecule has 0 aliphatic carbocycles. The molecule has 0 saturated carbocycles. The number of rotatable bonds is 4. The van der Waals surface area contributed by atoms with E-state index in [1.165, 1.54) is 12.8 Å². The van der Waals surface area contributed by atoms with Crippen LogP contribution in [0.3, 0.4) is 0 Å². The average Bonchev–Trinajstić information content (AvgIpc) is 2.41. The molecule has 0 aromatic rings. The fraction of sp³-hybridized carbons (Fsp3) is 0.769. The Morgan fingerprint density at radius 1 is 1.42 bits per heavy atom. The number of amides is 2. The van der Waals surface area contributed by atoms with E-state index in [1.807, 2.05) is 0 Å². The first-order valence-electron chi connectivity index (χ1n) is 6.97. The summed E-state index contributed by atoms with van der Waals surface area (Å²) < 4.78 is 0. The summed E-state index contributed by atoms with van der Waals surface area (Å²) in [6.07, 6.45) is 4.24. The summed E-state index contributed by atoms with van der Waals surface area (Å²) in [5.74, 6) is 0.445. The van der Waals surface area contributed by atoms with Gasteiger partial charge in [-0.15, -0.1) is 0 Å². The lowest BCUT2D eigenvalue weighted by atomic mass is 9.94. The molecule has 2 N–H and O–H groups in total. The van der Waals surface area contributed by atoms with E-state index in [0.29, 0.717) is 31.0 Å². The van der Waals surface area contributed by atoms with E-state index < -0.39 is 0 Å². The SMILES string of the molecule is CN1CCC(CCNC(=O)C2=NNC(=O)CC2)CC1. The number of carbonyl (C=O) groups excluding carboxylic acids is 2. The van der Waals surface area contributed by atoms with E-state index in [9.17, 15) is 9.59 Å². The minimum atomic E-state index is -0.145. The second kappa shape index (κ2) is 6.65. The van der Waals surface area contributed by atoms with E-state index in [-0.39, 0.29) is 11.8 Å². The number of likely N-dealkylation sites (tertiary alicyclic amines) is 1. The molecule has 0 aromatic carbocycles. The molecule has 0 spiro atoms. The van der Waals surface area contributed by atoms with Gasteiger partial charge in [0, 0.05) is 19.4 Å². The Labute approximate surface area is 113 Å². The molecular weight excluding hydrogens is 244 g/mol. The zero-order chi connectivity index (χ0) is 13.7. The molecule has 19 heavy (non-hydrogen) atoms. The van der Waals surface area contributed by atoms with E-state index in [2.05, 4.69) is 27.8 Å². The smallest absolute Gasteiger partial charge is 0.267 e. The van der Waals surface area contributed by atoms with Gasteiger partial charge in [-0.25, -0.2) is 5.43 Å². The molecule has 2 heterocycles. The summed E-state index contributed by atoms with van der Waals surface area (Å²) in [6.45, 7) is 2.99. The van der Waals surface area contributed by atoms with Crippen molar-refractivity contribution in [2.45, 2.75) is 32.1 Å². The van der Waals surface area contributed by atoms with Crippen molar-refractivity contribution in [3.8, 4) is 0 Å². The van der Waals surface area contributed by atoms with Crippen LogP contribution in [0.1, 0.15) is 32.1 Å². The lowest BCUT2D eigenvalue weighted by molar-refractivity contribution is -0.121. The second-order valence-electron chi connectivity index (χ2n) is 5.38. The summed E-state index contributed by atoms with van der Waals surface area (Å²) in [7, 11) is 2.15. The number of hydrazone groups is 1. The maximum Gasteiger partial charge on any atom is 0.267 e. The fourth-order valence-corrected chi connectivity index (χ4v) is 2.48. The highest BCUT2D eigenvalue weighted by atomic mass is 16.2. The number of piperidine rings is 1. The van der Waals surface area contributed by atoms with Gasteiger partial charge in [0.05, 0.1) is 0 Å². The first kappa shape index (κ1) is 14.0. The lowest BCUT2D eigenvalue weighted by Gasteiger charge is -2.28. The van der Waals surface area contributed by atoms with E-state index in [4.69, 9.17) is 0 Å². The maximum atomic E-state index is 11.8. The lowest BCUT2D eigenvalue weighted by Crippen LogP contribution is -2.38. The number of carbonyl (C=O) groups is 2. The molecule has 0 bridgehead atoms. The van der Waals surface area contributed by atoms with E-state index in [0.717, 1.165) is 19.5 Å². The predicted molar refractivity (Wildman–Crippen MR) is 72.7 cm³/mol. The molecule has 0 atom stereocenters. The minimum absolute atomic E-state index is 0.122. The van der Waals surface area contributed by atoms with Crippen molar-refractivity contribution >= 4 is 17.5 Å². The fourth-order valence-electron chi connectivity index (χ4n) is 2.48. The first-order chi connectivity index (χ1) is 9.15. The van der Waals surface area contributed by atoms with Gasteiger partial charge in [-0.1, -0.05) is 0 Å². The quantitative estimate of drug-likeness (QED) is 0.758. The molecule has 1 fully saturated rings. The Hall–Kier alpha value is -1.43. The second-order valence-corrected chi connectivity index (χ2v) is 5.38. The zero-order valence-corrected chi connectivity index (χ0v) is 11.4. The Morgan fingerprint density at radius 2 is 2.16 bits per heavy atom. The third-order valence-corrected chi connectivity index (χ3v) is 3.84. The molecule has 2 rings (SSSR count). The largest absolute Gasteiger partial charge is 0.351 e. The molecular formula is C13H22N4O2. The molecule has 0 unspecified atom stereocenters. The van der Waals surface area contributed by atoms with Crippen LogP contribution in [0.2, 0.25) is 0 Å². The van der Waals surface area contributed by atoms with Crippen molar-refractivity contribution < 1.29 is 9.59 Å². The van der Waals surface area contributed by atoms with Crippen LogP contribution >= 0.6 is 0 Å². The van der Waals surface area contributed by atoms with Gasteiger partial charge in [0.25, 0.3) is 5.91 Å². The van der Waals surface area contributed by atoms with Gasteiger partial charge >= 0.3 is 0 Å². The normalized spacial score (nSPS) is 21.7. The molecule has 0 radical (unpaired) electrons. The molecule has 1 saturated heterocycles. The summed E-state index contributed by atoms with van der Waals surface area (Å²) in [6, 6.07) is 0. The number of hydrogen-bond donors (Lipinski definition) is 2. The van der Waals surface area contributed by atoms with Gasteiger partial charge in [0.2, 0.25) is 5.91 Å². The first-order valence-corrected chi connectivity index (χ1v) is 6.97. The average molecular weight is 266 g/mol. The van der Waals surface area contributed by atoms with Crippen molar-refractivity contribution in [3.63, 3.8) is 0 Å². The summed E-state index contributed by atoms with van der Waals surface area (Å²) >= 11 is 0. The van der Waals surface area contributed by atoms with Gasteiger partial charge in [0.1, 0.15) is 5.71 Å². The van der Waals surface area contributed by atoms with Crippen LogP contribution in [-0.4, -0.2) is 49.1 Å². The van der Waals surface area contributed by atoms with Crippen LogP contribution in [0.15, 0.2) is 5.10 Å². The standard InChI is InChI=1S/C13H22N4O2/c1-17-8-5-10(6-9-17)4-7-14-13(19)11-2-3-12(18)16-15-11/h10H,2-9H2,1H3,(H,14,19)(H,16,18). The predicted octanol–water partition coefficient (Wildman–Crippen LogP) is 0.101. The summed E-state index contributed by atoms with van der Waals surface area (Å²) in [5.41, 5.74) is 2.77. The number of hydrogen-bond acceptors (Lipinski definition) is 4. The van der Waals surface area contributed by atoms with Gasteiger partial charge in [-0.05, 0) is 45.3 Å². The Kier molecular flexibility index (Phi) is 4.90. The van der Waals surface area contributed by atoms with Crippen molar-refractivity contribution in [1.29, 1.82) is 0 Å². The van der Waals surface area contributed by atoms with Crippen LogP contribution < -0.4 is 10.7 Å². The van der Waals surface area contributed by atoms with Crippen LogP contribution in [0.25, 0.3) is 0 Å². The topological polar surface area (TPSA) is 73.8 Å². The molecule has 0 aromatic heterocycles. The van der Waals surface area contributed by atoms with Crippen molar-refractivity contribution in [2.24, 2.45) is 11.0 Å². The van der Waals surface area contributed by atoms with Crippen LogP contribution in [-0.2, 0) is 9.59 Å². The minimum Gasteiger partial charge on any atom is -0.351 e. The van der Waals surface area contributed by atoms with Crippen LogP contribution in [0.5, 0.6) is 0 Å². The molecule has 2 amide bonds. The van der Waals surface area contributed by atoms with Crippen LogP contribution in [0.4, 0.5) is 0 Å². The van der Waals surface area contributed by atoms with E-state index >= 15 is 0 Å². The molecule has 6 nitrogen and oxygen atoms in total. The Bertz CT molecular complexity index is 373. The Balaban J connectivity index is 1.65. The van der Waals surface area contributed by atoms with Crippen LogP contribution in [0, 0.1) is 5.92 Å². The van der Waals surface area contributed by atoms with Gasteiger partial charge in [-0.3, -0.25) is 9.59 Å². The molecule has 6 heteroatoms. The third-order valence-electron chi connectivity index (χ3n) is 3.84. The number of nitrogens with one attached hydrogen (secondary N) is 2. The van der Waals surface area contributed by atoms with Gasteiger partial charge in [0.15, 0.2) is 0 Å². The Morgan fingerprint density at radius 3 is 2.79 bits per heavy atom. The summed E-state index contributed by atoms with van der Waals surface area (Å²) in [4.78, 5) is 25.1. The summed E-state index contributed by atoms with van der Waals surface area (Å²) in [5, 5.41) is 6.68. The van der Waals surface area contributed by atoms with Gasteiger partial charge < -0.3 is 10.2 Å². The highest BCUT2D eigenvalue weighted by Gasteiger charge is 2.19. The van der Waals surface area contributed by atoms with Gasteiger partial charge in [-0.2, -0.15) is 5.10 Å². The van der Waals surface area contributed by atoms with Crippen molar-refractivity contribution in [1.82, 2.24) is 15.6 Å².